The highest BCUT2D eigenvalue weighted by Gasteiger charge is 1.74. The summed E-state index contributed by atoms with van der Waals surface area (Å²) in [4.78, 5) is 13.8. The molecule has 0 fully saturated rings. The molecule has 0 aromatic rings. The minimum Gasteiger partial charge on any atom is -0.299 e. The molecule has 0 amide bonds. The summed E-state index contributed by atoms with van der Waals surface area (Å²) in [5.41, 5.74) is 0.889. The van der Waals surface area contributed by atoms with Crippen LogP contribution in [0.3, 0.4) is 0 Å². The summed E-state index contributed by atoms with van der Waals surface area (Å²) in [5.74, 6) is 0. The first-order chi connectivity index (χ1) is 5.81. The molecule has 0 rings (SSSR count). The summed E-state index contributed by atoms with van der Waals surface area (Å²) in [6.45, 7) is 7.72. The molecule has 0 atom stereocenters. The lowest BCUT2D eigenvalue weighted by molar-refractivity contribution is -0.104. The lowest BCUT2D eigenvalue weighted by atomic mass is 10.4. The predicted molar refractivity (Wildman–Crippen MR) is 54.5 cm³/mol. The number of aldehydes is 1. The molecule has 0 saturated carbocycles. The molecule has 68 valence electrons. The van der Waals surface area contributed by atoms with Gasteiger partial charge in [-0.2, -0.15) is 0 Å². The van der Waals surface area contributed by atoms with Crippen LogP contribution in [-0.2, 0) is 4.79 Å². The largest absolute Gasteiger partial charge is 0.299 e. The number of hydrogen-bond donors (Lipinski definition) is 0. The number of nitrogens with zero attached hydrogens (tertiary/aromatic N) is 1. The molecule has 0 spiro atoms. The zero-order valence-electron chi connectivity index (χ0n) is 8.24. The number of carbonyl (C=O) groups excluding carboxylic acids is 1. The van der Waals surface area contributed by atoms with E-state index >= 15 is 0 Å². The Kier molecular flexibility index (Phi) is 14.0. The van der Waals surface area contributed by atoms with Crippen LogP contribution in [0.4, 0.5) is 0 Å². The van der Waals surface area contributed by atoms with Gasteiger partial charge in [0.05, 0.1) is 0 Å². The van der Waals surface area contributed by atoms with Crippen LogP contribution in [0.2, 0.25) is 0 Å². The van der Waals surface area contributed by atoms with Gasteiger partial charge < -0.3 is 0 Å². The van der Waals surface area contributed by atoms with Gasteiger partial charge in [-0.15, -0.1) is 0 Å². The number of rotatable bonds is 3. The van der Waals surface area contributed by atoms with Crippen molar-refractivity contribution in [3.63, 3.8) is 0 Å². The number of allylic oxidation sites excluding steroid dienone is 4. The van der Waals surface area contributed by atoms with Crippen LogP contribution in [0.15, 0.2) is 28.9 Å². The van der Waals surface area contributed by atoms with Gasteiger partial charge in [0, 0.05) is 11.9 Å². The van der Waals surface area contributed by atoms with E-state index in [0.717, 1.165) is 12.0 Å². The third kappa shape index (κ3) is 11.6. The maximum atomic E-state index is 9.79. The van der Waals surface area contributed by atoms with Crippen molar-refractivity contribution in [2.24, 2.45) is 4.99 Å². The smallest absolute Gasteiger partial charge is 0.142 e. The van der Waals surface area contributed by atoms with Crippen LogP contribution in [-0.4, -0.2) is 12.5 Å². The van der Waals surface area contributed by atoms with Crippen molar-refractivity contribution in [3.05, 3.63) is 23.9 Å². The molecule has 0 unspecified atom stereocenters. The topological polar surface area (TPSA) is 29.4 Å². The molecule has 0 saturated heterocycles. The fourth-order valence-corrected chi connectivity index (χ4v) is 0.487. The molecule has 0 aromatic heterocycles. The number of hydrogen-bond acceptors (Lipinski definition) is 2. The third-order valence-electron chi connectivity index (χ3n) is 0.860. The van der Waals surface area contributed by atoms with Gasteiger partial charge in [0.2, 0.25) is 0 Å². The number of aliphatic imine (C=N–C) groups is 1. The van der Waals surface area contributed by atoms with E-state index in [1.54, 1.807) is 18.4 Å². The standard InChI is InChI=1S/C8H11NO.C2H6/c1-3-9-8(2)6-4-5-7-10;1-2/h3-7H,1-2H3;1-2H3/b5-4+,8-6-,9-3?;. The summed E-state index contributed by atoms with van der Waals surface area (Å²) in [6, 6.07) is 0. The van der Waals surface area contributed by atoms with Crippen molar-refractivity contribution >= 4 is 12.5 Å². The van der Waals surface area contributed by atoms with Crippen molar-refractivity contribution in [3.8, 4) is 0 Å². The first-order valence-electron chi connectivity index (χ1n) is 4.08. The van der Waals surface area contributed by atoms with Crippen LogP contribution in [0.5, 0.6) is 0 Å². The minimum absolute atomic E-state index is 0.736. The predicted octanol–water partition coefficient (Wildman–Crippen LogP) is 2.76. The average Bonchev–Trinajstić information content (AvgIpc) is 2.09. The van der Waals surface area contributed by atoms with Gasteiger partial charge in [-0.05, 0) is 26.0 Å². The normalized spacial score (nSPS) is 11.5. The van der Waals surface area contributed by atoms with Gasteiger partial charge in [-0.3, -0.25) is 9.79 Å². The first kappa shape index (κ1) is 13.4. The Morgan fingerprint density at radius 2 is 1.83 bits per heavy atom. The molecule has 12 heavy (non-hydrogen) atoms. The Labute approximate surface area is 74.7 Å². The first-order valence-corrected chi connectivity index (χ1v) is 4.08. The van der Waals surface area contributed by atoms with Crippen molar-refractivity contribution in [1.82, 2.24) is 0 Å². The summed E-state index contributed by atoms with van der Waals surface area (Å²) in [7, 11) is 0. The molecule has 0 aromatic carbocycles. The third-order valence-corrected chi connectivity index (χ3v) is 0.860. The second kappa shape index (κ2) is 12.5. The summed E-state index contributed by atoms with van der Waals surface area (Å²) >= 11 is 0. The average molecular weight is 167 g/mol. The van der Waals surface area contributed by atoms with Gasteiger partial charge in [0.1, 0.15) is 6.29 Å². The molecule has 0 radical (unpaired) electrons. The molecule has 2 heteroatoms. The van der Waals surface area contributed by atoms with Crippen LogP contribution >= 0.6 is 0 Å². The Hall–Kier alpha value is -1.18. The molecular formula is C10H17NO. The molecule has 0 aliphatic carbocycles. The van der Waals surface area contributed by atoms with Crippen LogP contribution in [0.25, 0.3) is 0 Å². The zero-order valence-corrected chi connectivity index (χ0v) is 8.24. The molecule has 0 bridgehead atoms. The van der Waals surface area contributed by atoms with E-state index in [1.807, 2.05) is 27.7 Å². The van der Waals surface area contributed by atoms with E-state index in [-0.39, 0.29) is 0 Å². The summed E-state index contributed by atoms with van der Waals surface area (Å²) < 4.78 is 0. The van der Waals surface area contributed by atoms with Crippen LogP contribution in [0, 0.1) is 0 Å². The Morgan fingerprint density at radius 3 is 2.25 bits per heavy atom. The van der Waals surface area contributed by atoms with E-state index in [4.69, 9.17) is 0 Å². The highest BCUT2D eigenvalue weighted by molar-refractivity contribution is 5.65. The molecular weight excluding hydrogens is 150 g/mol. The minimum atomic E-state index is 0.736. The van der Waals surface area contributed by atoms with E-state index in [1.165, 1.54) is 6.08 Å². The van der Waals surface area contributed by atoms with E-state index < -0.39 is 0 Å². The SMILES string of the molecule is CC.CC=N/C(C)=C\C=C\C=O. The van der Waals surface area contributed by atoms with Crippen LogP contribution in [0.1, 0.15) is 27.7 Å². The van der Waals surface area contributed by atoms with Gasteiger partial charge in [-0.1, -0.05) is 19.9 Å². The van der Waals surface area contributed by atoms with Crippen molar-refractivity contribution in [2.45, 2.75) is 27.7 Å². The number of carbonyl (C=O) groups is 1. The van der Waals surface area contributed by atoms with Gasteiger partial charge >= 0.3 is 0 Å². The lowest BCUT2D eigenvalue weighted by Crippen LogP contribution is -1.67. The monoisotopic (exact) mass is 167 g/mol. The quantitative estimate of drug-likeness (QED) is 0.275. The molecule has 0 aliphatic rings. The van der Waals surface area contributed by atoms with Crippen molar-refractivity contribution in [2.75, 3.05) is 0 Å². The maximum Gasteiger partial charge on any atom is 0.142 e. The van der Waals surface area contributed by atoms with Crippen LogP contribution < -0.4 is 0 Å². The Morgan fingerprint density at radius 1 is 1.25 bits per heavy atom. The molecule has 0 heterocycles. The molecule has 0 aliphatic heterocycles. The highest BCUT2D eigenvalue weighted by atomic mass is 16.1. The van der Waals surface area contributed by atoms with E-state index in [0.29, 0.717) is 0 Å². The van der Waals surface area contributed by atoms with E-state index in [9.17, 15) is 4.79 Å². The summed E-state index contributed by atoms with van der Waals surface area (Å²) in [6.07, 6.45) is 7.30. The second-order valence-corrected chi connectivity index (χ2v) is 1.72. The molecule has 2 nitrogen and oxygen atoms in total. The Balaban J connectivity index is 0. The van der Waals surface area contributed by atoms with Gasteiger partial charge in [0.25, 0.3) is 0 Å². The Bertz CT molecular complexity index is 178. The highest BCUT2D eigenvalue weighted by Crippen LogP contribution is 1.92. The fourth-order valence-electron chi connectivity index (χ4n) is 0.487. The van der Waals surface area contributed by atoms with Crippen molar-refractivity contribution < 1.29 is 4.79 Å². The zero-order chi connectivity index (χ0) is 9.82. The molecule has 0 N–H and O–H groups in total. The van der Waals surface area contributed by atoms with Crippen molar-refractivity contribution in [1.29, 1.82) is 0 Å². The van der Waals surface area contributed by atoms with Gasteiger partial charge in [0.15, 0.2) is 0 Å². The fraction of sp³-hybridized carbons (Fsp3) is 0.400. The summed E-state index contributed by atoms with van der Waals surface area (Å²) in [5, 5.41) is 0. The lowest BCUT2D eigenvalue weighted by Gasteiger charge is -1.83. The van der Waals surface area contributed by atoms with Gasteiger partial charge in [-0.25, -0.2) is 0 Å². The van der Waals surface area contributed by atoms with E-state index in [2.05, 4.69) is 4.99 Å². The maximum absolute atomic E-state index is 9.79. The second-order valence-electron chi connectivity index (χ2n) is 1.72.